The molecule has 0 bridgehead atoms. The molecule has 7 heteroatoms. The number of aromatic hydroxyl groups is 4. The van der Waals surface area contributed by atoms with Crippen molar-refractivity contribution >= 4 is 5.78 Å². The molecule has 0 unspecified atom stereocenters. The maximum absolute atomic E-state index is 13.0. The molecule has 5 N–H and O–H groups in total. The van der Waals surface area contributed by atoms with E-state index in [4.69, 9.17) is 4.74 Å². The Kier molecular flexibility index (Phi) is 6.50. The fraction of sp³-hybridized carbons (Fsp3) is 0.320. The van der Waals surface area contributed by atoms with Crippen LogP contribution in [0.1, 0.15) is 54.8 Å². The highest BCUT2D eigenvalue weighted by atomic mass is 16.5. The number of fused-ring (bicyclic) bond motifs is 1. The Morgan fingerprint density at radius 2 is 1.78 bits per heavy atom. The summed E-state index contributed by atoms with van der Waals surface area (Å²) in [5.41, 5.74) is 2.17. The van der Waals surface area contributed by atoms with E-state index in [1.54, 1.807) is 0 Å². The van der Waals surface area contributed by atoms with Crippen LogP contribution in [0.25, 0.3) is 0 Å². The highest BCUT2D eigenvalue weighted by Crippen LogP contribution is 2.47. The van der Waals surface area contributed by atoms with E-state index in [9.17, 15) is 30.3 Å². The van der Waals surface area contributed by atoms with Crippen LogP contribution in [0, 0.1) is 5.92 Å². The molecule has 32 heavy (non-hydrogen) atoms. The first-order valence-corrected chi connectivity index (χ1v) is 10.3. The molecule has 3 atom stereocenters. The Morgan fingerprint density at radius 3 is 2.38 bits per heavy atom. The van der Waals surface area contributed by atoms with Crippen LogP contribution in [0.5, 0.6) is 28.7 Å². The smallest absolute Gasteiger partial charge is 0.202 e. The summed E-state index contributed by atoms with van der Waals surface area (Å²) in [7, 11) is 0. The number of hydrogen-bond acceptors (Lipinski definition) is 7. The summed E-state index contributed by atoms with van der Waals surface area (Å²) in [5.74, 6) is -2.22. The minimum Gasteiger partial charge on any atom is -0.508 e. The Morgan fingerprint density at radius 1 is 1.09 bits per heavy atom. The van der Waals surface area contributed by atoms with Crippen molar-refractivity contribution in [2.75, 3.05) is 0 Å². The normalized spacial score (nSPS) is 18.4. The van der Waals surface area contributed by atoms with Crippen LogP contribution in [0.2, 0.25) is 0 Å². The third kappa shape index (κ3) is 4.43. The zero-order valence-corrected chi connectivity index (χ0v) is 18.3. The summed E-state index contributed by atoms with van der Waals surface area (Å²) >= 11 is 0. The molecule has 0 saturated heterocycles. The van der Waals surface area contributed by atoms with Crippen molar-refractivity contribution in [1.82, 2.24) is 0 Å². The average molecular weight is 440 g/mol. The predicted octanol–water partition coefficient (Wildman–Crippen LogP) is 4.28. The molecule has 0 amide bonds. The van der Waals surface area contributed by atoms with Gasteiger partial charge in [-0.25, -0.2) is 0 Å². The van der Waals surface area contributed by atoms with Crippen LogP contribution in [-0.2, 0) is 6.42 Å². The van der Waals surface area contributed by atoms with Gasteiger partial charge in [-0.3, -0.25) is 4.79 Å². The molecule has 0 radical (unpaired) electrons. The summed E-state index contributed by atoms with van der Waals surface area (Å²) in [4.78, 5) is 13.0. The largest absolute Gasteiger partial charge is 0.508 e. The van der Waals surface area contributed by atoms with Gasteiger partial charge in [0.25, 0.3) is 0 Å². The van der Waals surface area contributed by atoms with Crippen molar-refractivity contribution < 1.29 is 35.1 Å². The number of carbonyl (C=O) groups is 1. The SMILES string of the molecule is C=C(C)[C@@H](CC=C(C)C)Cc1c(O)cc(O)c2c1O[C@H](c1ccc(O)cc1O)[C@@H](O)C2=O. The number of aliphatic hydroxyl groups excluding tert-OH is 1. The summed E-state index contributed by atoms with van der Waals surface area (Å²) in [6.07, 6.45) is -0.00649. The van der Waals surface area contributed by atoms with Crippen LogP contribution in [-0.4, -0.2) is 37.4 Å². The number of allylic oxidation sites excluding steroid dienone is 3. The van der Waals surface area contributed by atoms with Crippen LogP contribution in [0.15, 0.2) is 48.1 Å². The number of aliphatic hydroxyl groups is 1. The second-order valence-corrected chi connectivity index (χ2v) is 8.45. The van der Waals surface area contributed by atoms with Gasteiger partial charge in [-0.1, -0.05) is 23.8 Å². The van der Waals surface area contributed by atoms with E-state index in [0.717, 1.165) is 23.3 Å². The number of benzene rings is 2. The first-order chi connectivity index (χ1) is 15.0. The molecule has 0 spiro atoms. The average Bonchev–Trinajstić information content (AvgIpc) is 2.69. The van der Waals surface area contributed by atoms with E-state index in [1.165, 1.54) is 12.1 Å². The van der Waals surface area contributed by atoms with Crippen molar-refractivity contribution in [1.29, 1.82) is 0 Å². The standard InChI is InChI=1S/C25H28O7/c1-12(2)5-6-14(13(3)4)9-17-19(28)11-20(29)21-22(30)23(31)25(32-24(17)21)16-8-7-15(26)10-18(16)27/h5,7-8,10-11,14,23,25-29,31H,3,6,9H2,1-2,4H3/t14-,23-,25+/m0/s1. The summed E-state index contributed by atoms with van der Waals surface area (Å²) < 4.78 is 5.94. The first kappa shape index (κ1) is 23.2. The van der Waals surface area contributed by atoms with Crippen molar-refractivity contribution in [3.63, 3.8) is 0 Å². The molecule has 3 rings (SSSR count). The quantitative estimate of drug-likeness (QED) is 0.424. The fourth-order valence-electron chi connectivity index (χ4n) is 3.80. The highest BCUT2D eigenvalue weighted by molar-refractivity contribution is 6.06. The van der Waals surface area contributed by atoms with E-state index in [1.807, 2.05) is 20.8 Å². The Labute approximate surface area is 186 Å². The molecule has 0 fully saturated rings. The van der Waals surface area contributed by atoms with E-state index in [2.05, 4.69) is 12.7 Å². The van der Waals surface area contributed by atoms with Gasteiger partial charge >= 0.3 is 0 Å². The molecule has 1 aliphatic heterocycles. The van der Waals surface area contributed by atoms with E-state index >= 15 is 0 Å². The monoisotopic (exact) mass is 440 g/mol. The molecule has 2 aromatic rings. The van der Waals surface area contributed by atoms with Crippen LogP contribution >= 0.6 is 0 Å². The Balaban J connectivity index is 2.11. The van der Waals surface area contributed by atoms with Crippen molar-refractivity contribution in [3.05, 3.63) is 64.8 Å². The maximum Gasteiger partial charge on any atom is 0.202 e. The van der Waals surface area contributed by atoms with Gasteiger partial charge in [0.2, 0.25) is 5.78 Å². The molecule has 0 aliphatic carbocycles. The zero-order chi connectivity index (χ0) is 23.7. The van der Waals surface area contributed by atoms with Crippen LogP contribution < -0.4 is 4.74 Å². The highest BCUT2D eigenvalue weighted by Gasteiger charge is 2.42. The number of hydrogen-bond donors (Lipinski definition) is 5. The number of phenolic OH excluding ortho intramolecular Hbond substituents is 4. The number of rotatable bonds is 6. The van der Waals surface area contributed by atoms with Crippen molar-refractivity contribution in [2.45, 2.75) is 45.8 Å². The first-order valence-electron chi connectivity index (χ1n) is 10.3. The molecular weight excluding hydrogens is 412 g/mol. The lowest BCUT2D eigenvalue weighted by atomic mass is 9.85. The molecule has 7 nitrogen and oxygen atoms in total. The molecule has 0 aromatic heterocycles. The second-order valence-electron chi connectivity index (χ2n) is 8.45. The Bertz CT molecular complexity index is 1100. The zero-order valence-electron chi connectivity index (χ0n) is 18.3. The number of phenols is 4. The summed E-state index contributed by atoms with van der Waals surface area (Å²) in [5, 5.41) is 51.3. The molecule has 1 aliphatic rings. The lowest BCUT2D eigenvalue weighted by Gasteiger charge is -2.32. The molecule has 1 heterocycles. The van der Waals surface area contributed by atoms with E-state index in [-0.39, 0.29) is 46.5 Å². The third-order valence-electron chi connectivity index (χ3n) is 5.67. The van der Waals surface area contributed by atoms with Crippen molar-refractivity contribution in [3.8, 4) is 28.7 Å². The van der Waals surface area contributed by atoms with Gasteiger partial charge in [-0.05, 0) is 51.7 Å². The van der Waals surface area contributed by atoms with Gasteiger partial charge in [-0.2, -0.15) is 0 Å². The molecular formula is C25H28O7. The lowest BCUT2D eigenvalue weighted by molar-refractivity contribution is 0.0197. The number of Topliss-reactive ketones (excluding diaryl/α,β-unsaturated/α-hetero) is 1. The van der Waals surface area contributed by atoms with Crippen molar-refractivity contribution in [2.24, 2.45) is 5.92 Å². The lowest BCUT2D eigenvalue weighted by Crippen LogP contribution is -2.36. The molecule has 2 aromatic carbocycles. The summed E-state index contributed by atoms with van der Waals surface area (Å²) in [6, 6.07) is 4.77. The number of ether oxygens (including phenoxy) is 1. The van der Waals surface area contributed by atoms with Gasteiger partial charge in [0.1, 0.15) is 34.3 Å². The summed E-state index contributed by atoms with van der Waals surface area (Å²) in [6.45, 7) is 9.87. The number of carbonyl (C=O) groups excluding carboxylic acids is 1. The minimum atomic E-state index is -1.70. The fourth-order valence-corrected chi connectivity index (χ4v) is 3.80. The predicted molar refractivity (Wildman–Crippen MR) is 119 cm³/mol. The second kappa shape index (κ2) is 8.96. The molecule has 170 valence electrons. The van der Waals surface area contributed by atoms with Gasteiger partial charge < -0.3 is 30.3 Å². The van der Waals surface area contributed by atoms with Crippen LogP contribution in [0.4, 0.5) is 0 Å². The molecule has 0 saturated carbocycles. The van der Waals surface area contributed by atoms with E-state index < -0.39 is 23.7 Å². The Hall–Kier alpha value is -3.45. The van der Waals surface area contributed by atoms with E-state index in [0.29, 0.717) is 12.0 Å². The van der Waals surface area contributed by atoms with Gasteiger partial charge in [0.05, 0.1) is 0 Å². The maximum atomic E-state index is 13.0. The third-order valence-corrected chi connectivity index (χ3v) is 5.67. The van der Waals surface area contributed by atoms with Gasteiger partial charge in [-0.15, -0.1) is 0 Å². The number of ketones is 1. The van der Waals surface area contributed by atoms with Gasteiger partial charge in [0, 0.05) is 23.3 Å². The van der Waals surface area contributed by atoms with Crippen LogP contribution in [0.3, 0.4) is 0 Å². The van der Waals surface area contributed by atoms with Gasteiger partial charge in [0.15, 0.2) is 12.2 Å². The minimum absolute atomic E-state index is 0.0428. The topological polar surface area (TPSA) is 127 Å².